The number of esters is 2. The zero-order valence-corrected chi connectivity index (χ0v) is 10.5. The number of hydrogen-bond acceptors (Lipinski definition) is 7. The fourth-order valence-corrected chi connectivity index (χ4v) is 1.67. The van der Waals surface area contributed by atoms with Gasteiger partial charge in [-0.1, -0.05) is 0 Å². The van der Waals surface area contributed by atoms with Gasteiger partial charge in [0.1, 0.15) is 6.10 Å². The normalized spacial score (nSPS) is 30.1. The summed E-state index contributed by atoms with van der Waals surface area (Å²) in [6.45, 7) is 1.02. The number of alkyl halides is 3. The topological polar surface area (TPSA) is 91.3 Å². The Bertz CT molecular complexity index is 370. The van der Waals surface area contributed by atoms with Crippen LogP contribution in [-0.4, -0.2) is 54.6 Å². The second-order valence-electron chi connectivity index (χ2n) is 3.97. The molecule has 4 atom stereocenters. The molecule has 0 spiro atoms. The summed E-state index contributed by atoms with van der Waals surface area (Å²) in [6.07, 6.45) is -10.9. The molecule has 0 saturated carbocycles. The molecule has 4 unspecified atom stereocenters. The highest BCUT2D eigenvalue weighted by molar-refractivity contribution is 5.67. The van der Waals surface area contributed by atoms with Gasteiger partial charge >= 0.3 is 18.3 Å². The first-order valence-electron chi connectivity index (χ1n) is 5.49. The minimum Gasteiger partial charge on any atom is -0.455 e. The maximum Gasteiger partial charge on any atom is 0.522 e. The van der Waals surface area contributed by atoms with Gasteiger partial charge in [0.2, 0.25) is 0 Å². The van der Waals surface area contributed by atoms with Crippen LogP contribution < -0.4 is 0 Å². The van der Waals surface area contributed by atoms with Gasteiger partial charge in [0.05, 0.1) is 6.61 Å². The highest BCUT2D eigenvalue weighted by Gasteiger charge is 2.49. The predicted octanol–water partition coefficient (Wildman–Crippen LogP) is 0.103. The van der Waals surface area contributed by atoms with Gasteiger partial charge in [-0.25, -0.2) is 0 Å². The highest BCUT2D eigenvalue weighted by atomic mass is 19.4. The number of rotatable bonds is 4. The Kier molecular flexibility index (Phi) is 5.31. The quantitative estimate of drug-likeness (QED) is 0.737. The molecule has 116 valence electrons. The van der Waals surface area contributed by atoms with Crippen molar-refractivity contribution < 1.29 is 46.8 Å². The van der Waals surface area contributed by atoms with Crippen molar-refractivity contribution in [2.75, 3.05) is 6.61 Å². The molecule has 0 aliphatic carbocycles. The lowest BCUT2D eigenvalue weighted by atomic mass is 10.1. The first-order valence-corrected chi connectivity index (χ1v) is 5.49. The van der Waals surface area contributed by atoms with Gasteiger partial charge in [-0.05, 0) is 0 Å². The maximum atomic E-state index is 12.0. The molecule has 0 aromatic rings. The molecule has 1 aliphatic heterocycles. The van der Waals surface area contributed by atoms with Crippen LogP contribution in [0.15, 0.2) is 0 Å². The second-order valence-corrected chi connectivity index (χ2v) is 3.97. The first kappa shape index (κ1) is 16.7. The third-order valence-electron chi connectivity index (χ3n) is 2.30. The van der Waals surface area contributed by atoms with Crippen molar-refractivity contribution in [1.82, 2.24) is 0 Å². The number of aliphatic hydroxyl groups is 1. The van der Waals surface area contributed by atoms with Crippen molar-refractivity contribution in [3.8, 4) is 0 Å². The van der Waals surface area contributed by atoms with Gasteiger partial charge in [-0.15, -0.1) is 13.2 Å². The molecule has 7 nitrogen and oxygen atoms in total. The first-order chi connectivity index (χ1) is 9.10. The van der Waals surface area contributed by atoms with Crippen molar-refractivity contribution in [1.29, 1.82) is 0 Å². The molecule has 0 aromatic carbocycles. The van der Waals surface area contributed by atoms with Crippen LogP contribution in [0.3, 0.4) is 0 Å². The van der Waals surface area contributed by atoms with Crippen LogP contribution in [0.2, 0.25) is 0 Å². The van der Waals surface area contributed by atoms with Crippen LogP contribution in [0.1, 0.15) is 13.8 Å². The lowest BCUT2D eigenvalue weighted by Crippen LogP contribution is -2.41. The summed E-state index contributed by atoms with van der Waals surface area (Å²) in [6, 6.07) is 0. The van der Waals surface area contributed by atoms with E-state index in [0.717, 1.165) is 13.8 Å². The third-order valence-corrected chi connectivity index (χ3v) is 2.30. The lowest BCUT2D eigenvalue weighted by molar-refractivity contribution is -0.334. The standard InChI is InChI=1S/C10H13F3O7/c1-4(14)18-7-6(3-17-10(11,12)13)20-9(16)8(7)19-5(2)15/h6-9,16H,3H2,1-2H3. The van der Waals surface area contributed by atoms with E-state index in [1.54, 1.807) is 0 Å². The molecular weight excluding hydrogens is 289 g/mol. The Hall–Kier alpha value is -1.39. The number of halogens is 3. The van der Waals surface area contributed by atoms with E-state index in [-0.39, 0.29) is 0 Å². The molecule has 1 saturated heterocycles. The molecule has 1 N–H and O–H groups in total. The monoisotopic (exact) mass is 302 g/mol. The minimum atomic E-state index is -4.91. The van der Waals surface area contributed by atoms with Crippen molar-refractivity contribution in [2.45, 2.75) is 44.8 Å². The van der Waals surface area contributed by atoms with E-state index in [1.807, 2.05) is 0 Å². The molecule has 0 bridgehead atoms. The van der Waals surface area contributed by atoms with Crippen molar-refractivity contribution in [2.24, 2.45) is 0 Å². The van der Waals surface area contributed by atoms with Crippen LogP contribution in [0.5, 0.6) is 0 Å². The van der Waals surface area contributed by atoms with Crippen molar-refractivity contribution >= 4 is 11.9 Å². The summed E-state index contributed by atoms with van der Waals surface area (Å²) in [7, 11) is 0. The fraction of sp³-hybridized carbons (Fsp3) is 0.800. The number of carbonyl (C=O) groups excluding carboxylic acids is 2. The summed E-state index contributed by atoms with van der Waals surface area (Å²) in [5.74, 6) is -1.64. The SMILES string of the molecule is CC(=O)OC1C(O)OC(COC(F)(F)F)C1OC(C)=O. The summed E-state index contributed by atoms with van der Waals surface area (Å²) in [5.41, 5.74) is 0. The predicted molar refractivity (Wildman–Crippen MR) is 54.0 cm³/mol. The Morgan fingerprint density at radius 3 is 2.10 bits per heavy atom. The molecule has 20 heavy (non-hydrogen) atoms. The molecule has 10 heteroatoms. The van der Waals surface area contributed by atoms with Crippen LogP contribution in [-0.2, 0) is 28.5 Å². The summed E-state index contributed by atoms with van der Waals surface area (Å²) in [4.78, 5) is 21.8. The highest BCUT2D eigenvalue weighted by Crippen LogP contribution is 2.28. The van der Waals surface area contributed by atoms with E-state index >= 15 is 0 Å². The van der Waals surface area contributed by atoms with Crippen LogP contribution in [0, 0.1) is 0 Å². The minimum absolute atomic E-state index is 0.813. The van der Waals surface area contributed by atoms with Gasteiger partial charge in [-0.2, -0.15) is 0 Å². The molecule has 1 heterocycles. The van der Waals surface area contributed by atoms with Crippen LogP contribution in [0.4, 0.5) is 13.2 Å². The van der Waals surface area contributed by atoms with Gasteiger partial charge in [0, 0.05) is 13.8 Å². The average Bonchev–Trinajstić information content (AvgIpc) is 2.52. The summed E-state index contributed by atoms with van der Waals surface area (Å²) in [5, 5.41) is 9.49. The number of ether oxygens (including phenoxy) is 4. The van der Waals surface area contributed by atoms with Gasteiger partial charge in [0.25, 0.3) is 0 Å². The van der Waals surface area contributed by atoms with E-state index < -0.39 is 49.5 Å². The Balaban J connectivity index is 2.77. The van der Waals surface area contributed by atoms with Crippen LogP contribution >= 0.6 is 0 Å². The summed E-state index contributed by atoms with van der Waals surface area (Å²) < 4.78 is 53.6. The Morgan fingerprint density at radius 1 is 1.15 bits per heavy atom. The van der Waals surface area contributed by atoms with Gasteiger partial charge < -0.3 is 19.3 Å². The lowest BCUT2D eigenvalue weighted by Gasteiger charge is -2.22. The van der Waals surface area contributed by atoms with Gasteiger partial charge in [0.15, 0.2) is 18.5 Å². The smallest absolute Gasteiger partial charge is 0.455 e. The number of aliphatic hydroxyl groups excluding tert-OH is 1. The van der Waals surface area contributed by atoms with Crippen molar-refractivity contribution in [3.63, 3.8) is 0 Å². The van der Waals surface area contributed by atoms with Gasteiger partial charge in [-0.3, -0.25) is 14.3 Å². The largest absolute Gasteiger partial charge is 0.522 e. The van der Waals surface area contributed by atoms with E-state index in [1.165, 1.54) is 0 Å². The van der Waals surface area contributed by atoms with Crippen molar-refractivity contribution in [3.05, 3.63) is 0 Å². The third kappa shape index (κ3) is 4.94. The fourth-order valence-electron chi connectivity index (χ4n) is 1.67. The molecule has 0 radical (unpaired) electrons. The zero-order valence-electron chi connectivity index (χ0n) is 10.5. The number of hydrogen-bond donors (Lipinski definition) is 1. The maximum absolute atomic E-state index is 12.0. The Morgan fingerprint density at radius 2 is 1.65 bits per heavy atom. The molecule has 0 aromatic heterocycles. The molecular formula is C10H13F3O7. The Labute approximate surface area is 111 Å². The van der Waals surface area contributed by atoms with E-state index in [2.05, 4.69) is 9.47 Å². The van der Waals surface area contributed by atoms with E-state index in [0.29, 0.717) is 0 Å². The van der Waals surface area contributed by atoms with E-state index in [4.69, 9.17) is 9.47 Å². The number of carbonyl (C=O) groups is 2. The van der Waals surface area contributed by atoms with Crippen LogP contribution in [0.25, 0.3) is 0 Å². The van der Waals surface area contributed by atoms with E-state index in [9.17, 15) is 27.9 Å². The molecule has 0 amide bonds. The average molecular weight is 302 g/mol. The second kappa shape index (κ2) is 6.37. The zero-order chi connectivity index (χ0) is 15.5. The molecule has 1 aliphatic rings. The summed E-state index contributed by atoms with van der Waals surface area (Å²) >= 11 is 0. The molecule has 1 rings (SSSR count). The molecule has 1 fully saturated rings.